The molecule has 3 rings (SSSR count). The monoisotopic (exact) mass is 227 g/mol. The molecule has 0 aliphatic heterocycles. The van der Waals surface area contributed by atoms with Gasteiger partial charge in [0, 0.05) is 11.6 Å². The molecule has 0 spiro atoms. The Balaban J connectivity index is 2.14. The fraction of sp³-hybridized carbons (Fsp3) is 0.0714. The van der Waals surface area contributed by atoms with Crippen molar-refractivity contribution in [3.63, 3.8) is 0 Å². The Kier molecular flexibility index (Phi) is 2.18. The molecule has 2 nitrogen and oxygen atoms in total. The smallest absolute Gasteiger partial charge is 0.227 e. The summed E-state index contributed by atoms with van der Waals surface area (Å²) in [7, 11) is 0. The number of oxazole rings is 1. The third-order valence-corrected chi connectivity index (χ3v) is 2.65. The molecule has 3 heteroatoms. The first-order chi connectivity index (χ1) is 8.22. The number of aromatic nitrogens is 1. The van der Waals surface area contributed by atoms with Crippen LogP contribution in [0.15, 0.2) is 46.9 Å². The van der Waals surface area contributed by atoms with Gasteiger partial charge in [-0.2, -0.15) is 0 Å². The molecule has 0 unspecified atom stereocenters. The zero-order valence-corrected chi connectivity index (χ0v) is 9.27. The molecule has 0 bridgehead atoms. The van der Waals surface area contributed by atoms with Gasteiger partial charge in [-0.25, -0.2) is 9.37 Å². The third-order valence-electron chi connectivity index (χ3n) is 2.65. The van der Waals surface area contributed by atoms with Crippen LogP contribution < -0.4 is 0 Å². The molecule has 3 aromatic rings. The van der Waals surface area contributed by atoms with Crippen molar-refractivity contribution in [1.82, 2.24) is 4.98 Å². The van der Waals surface area contributed by atoms with E-state index in [2.05, 4.69) is 4.98 Å². The van der Waals surface area contributed by atoms with Crippen LogP contribution in [-0.4, -0.2) is 4.98 Å². The Hall–Kier alpha value is -2.16. The number of fused-ring (bicyclic) bond motifs is 1. The van der Waals surface area contributed by atoms with Crippen LogP contribution in [-0.2, 0) is 0 Å². The highest BCUT2D eigenvalue weighted by Gasteiger charge is 2.08. The lowest BCUT2D eigenvalue weighted by molar-refractivity contribution is 0.614. The lowest BCUT2D eigenvalue weighted by Gasteiger charge is -1.95. The van der Waals surface area contributed by atoms with Crippen LogP contribution in [0.2, 0.25) is 0 Å². The lowest BCUT2D eigenvalue weighted by atomic mass is 10.1. The minimum absolute atomic E-state index is 0.304. The summed E-state index contributed by atoms with van der Waals surface area (Å²) < 4.78 is 18.6. The van der Waals surface area contributed by atoms with Gasteiger partial charge in [-0.15, -0.1) is 0 Å². The van der Waals surface area contributed by atoms with E-state index in [0.717, 1.165) is 5.56 Å². The van der Waals surface area contributed by atoms with Crippen LogP contribution in [0.5, 0.6) is 0 Å². The Morgan fingerprint density at radius 1 is 1.06 bits per heavy atom. The quantitative estimate of drug-likeness (QED) is 0.629. The minimum atomic E-state index is -0.304. The van der Waals surface area contributed by atoms with Gasteiger partial charge in [0.1, 0.15) is 11.3 Å². The topological polar surface area (TPSA) is 26.0 Å². The van der Waals surface area contributed by atoms with Crippen LogP contribution in [0.25, 0.3) is 22.6 Å². The van der Waals surface area contributed by atoms with Crippen molar-refractivity contribution in [2.24, 2.45) is 0 Å². The van der Waals surface area contributed by atoms with Gasteiger partial charge in [-0.05, 0) is 31.2 Å². The van der Waals surface area contributed by atoms with E-state index in [4.69, 9.17) is 4.42 Å². The van der Waals surface area contributed by atoms with E-state index in [0.29, 0.717) is 17.0 Å². The van der Waals surface area contributed by atoms with Gasteiger partial charge in [0.25, 0.3) is 0 Å². The van der Waals surface area contributed by atoms with E-state index in [1.165, 1.54) is 17.7 Å². The van der Waals surface area contributed by atoms with Crippen molar-refractivity contribution >= 4 is 11.1 Å². The second-order valence-corrected chi connectivity index (χ2v) is 4.00. The van der Waals surface area contributed by atoms with Gasteiger partial charge in [-0.3, -0.25) is 0 Å². The van der Waals surface area contributed by atoms with Crippen molar-refractivity contribution in [3.05, 3.63) is 53.8 Å². The standard InChI is InChI=1S/C14H10FNO/c1-9-2-4-10(5-3-9)14-16-12-8-11(15)6-7-13(12)17-14/h2-8H,1H3. The molecule has 1 heterocycles. The molecule has 0 amide bonds. The molecule has 0 atom stereocenters. The van der Waals surface area contributed by atoms with Crippen molar-refractivity contribution in [3.8, 4) is 11.5 Å². The zero-order valence-electron chi connectivity index (χ0n) is 9.27. The van der Waals surface area contributed by atoms with E-state index in [1.54, 1.807) is 6.07 Å². The largest absolute Gasteiger partial charge is 0.436 e. The molecule has 0 N–H and O–H groups in total. The maximum absolute atomic E-state index is 13.0. The Morgan fingerprint density at radius 3 is 2.59 bits per heavy atom. The molecular weight excluding hydrogens is 217 g/mol. The Labute approximate surface area is 97.7 Å². The fourth-order valence-corrected chi connectivity index (χ4v) is 1.72. The highest BCUT2D eigenvalue weighted by molar-refractivity contribution is 5.76. The van der Waals surface area contributed by atoms with E-state index in [1.807, 2.05) is 31.2 Å². The third kappa shape index (κ3) is 1.80. The normalized spacial score (nSPS) is 10.9. The molecule has 17 heavy (non-hydrogen) atoms. The molecule has 0 aliphatic carbocycles. The number of hydrogen-bond acceptors (Lipinski definition) is 2. The molecule has 0 radical (unpaired) electrons. The number of halogens is 1. The summed E-state index contributed by atoms with van der Waals surface area (Å²) >= 11 is 0. The highest BCUT2D eigenvalue weighted by atomic mass is 19.1. The van der Waals surface area contributed by atoms with Crippen molar-refractivity contribution < 1.29 is 8.81 Å². The van der Waals surface area contributed by atoms with Crippen molar-refractivity contribution in [2.75, 3.05) is 0 Å². The van der Waals surface area contributed by atoms with Crippen LogP contribution in [0.4, 0.5) is 4.39 Å². The van der Waals surface area contributed by atoms with Crippen LogP contribution in [0.3, 0.4) is 0 Å². The number of rotatable bonds is 1. The maximum atomic E-state index is 13.0. The molecule has 0 aliphatic rings. The predicted molar refractivity (Wildman–Crippen MR) is 64.1 cm³/mol. The Morgan fingerprint density at radius 2 is 1.82 bits per heavy atom. The molecule has 1 aromatic heterocycles. The number of benzene rings is 2. The van der Waals surface area contributed by atoms with Crippen LogP contribution in [0, 0.1) is 12.7 Å². The molecule has 0 fully saturated rings. The zero-order chi connectivity index (χ0) is 11.8. The van der Waals surface area contributed by atoms with E-state index in [-0.39, 0.29) is 5.82 Å². The Bertz CT molecular complexity index is 670. The van der Waals surface area contributed by atoms with Gasteiger partial charge in [0.2, 0.25) is 5.89 Å². The van der Waals surface area contributed by atoms with Crippen LogP contribution in [0.1, 0.15) is 5.56 Å². The molecule has 0 saturated carbocycles. The number of nitrogens with zero attached hydrogens (tertiary/aromatic N) is 1. The number of hydrogen-bond donors (Lipinski definition) is 0. The summed E-state index contributed by atoms with van der Waals surface area (Å²) in [5, 5.41) is 0. The summed E-state index contributed by atoms with van der Waals surface area (Å²) in [6.45, 7) is 2.02. The molecule has 2 aromatic carbocycles. The van der Waals surface area contributed by atoms with Crippen molar-refractivity contribution in [1.29, 1.82) is 0 Å². The summed E-state index contributed by atoms with van der Waals surface area (Å²) in [5.41, 5.74) is 3.21. The first kappa shape index (κ1) is 10.0. The van der Waals surface area contributed by atoms with Gasteiger partial charge in [0.05, 0.1) is 0 Å². The second-order valence-electron chi connectivity index (χ2n) is 4.00. The van der Waals surface area contributed by atoms with E-state index < -0.39 is 0 Å². The molecule has 84 valence electrons. The van der Waals surface area contributed by atoms with Crippen LogP contribution >= 0.6 is 0 Å². The van der Waals surface area contributed by atoms with Gasteiger partial charge in [-0.1, -0.05) is 17.7 Å². The second kappa shape index (κ2) is 3.70. The summed E-state index contributed by atoms with van der Waals surface area (Å²) in [5.74, 6) is 0.215. The van der Waals surface area contributed by atoms with Gasteiger partial charge < -0.3 is 4.42 Å². The average Bonchev–Trinajstić information content (AvgIpc) is 2.72. The summed E-state index contributed by atoms with van der Waals surface area (Å²) in [6, 6.07) is 12.2. The SMILES string of the molecule is Cc1ccc(-c2nc3cc(F)ccc3o2)cc1. The predicted octanol–water partition coefficient (Wildman–Crippen LogP) is 3.94. The minimum Gasteiger partial charge on any atom is -0.436 e. The molecular formula is C14H10FNO. The molecule has 0 saturated heterocycles. The maximum Gasteiger partial charge on any atom is 0.227 e. The summed E-state index contributed by atoms with van der Waals surface area (Å²) in [6.07, 6.45) is 0. The first-order valence-corrected chi connectivity index (χ1v) is 5.35. The van der Waals surface area contributed by atoms with E-state index >= 15 is 0 Å². The van der Waals surface area contributed by atoms with Crippen molar-refractivity contribution in [2.45, 2.75) is 6.92 Å². The fourth-order valence-electron chi connectivity index (χ4n) is 1.72. The average molecular weight is 227 g/mol. The first-order valence-electron chi connectivity index (χ1n) is 5.35. The highest BCUT2D eigenvalue weighted by Crippen LogP contribution is 2.24. The van der Waals surface area contributed by atoms with Gasteiger partial charge >= 0.3 is 0 Å². The summed E-state index contributed by atoms with van der Waals surface area (Å²) in [4.78, 5) is 4.27. The van der Waals surface area contributed by atoms with E-state index in [9.17, 15) is 4.39 Å². The number of aryl methyl sites for hydroxylation is 1. The lowest BCUT2D eigenvalue weighted by Crippen LogP contribution is -1.77. The van der Waals surface area contributed by atoms with Gasteiger partial charge in [0.15, 0.2) is 5.58 Å².